The number of ether oxygens (including phenoxy) is 3. The summed E-state index contributed by atoms with van der Waals surface area (Å²) in [5, 5.41) is 6.14. The Balaban J connectivity index is 1.89. The minimum Gasteiger partial charge on any atom is -0.465 e. The molecule has 0 radical (unpaired) electrons. The van der Waals surface area contributed by atoms with E-state index >= 15 is 0 Å². The fourth-order valence-electron chi connectivity index (χ4n) is 3.06. The predicted molar refractivity (Wildman–Crippen MR) is 122 cm³/mol. The zero-order valence-electron chi connectivity index (χ0n) is 18.5. The molecule has 1 aromatic heterocycles. The Morgan fingerprint density at radius 3 is 2.30 bits per heavy atom. The fraction of sp³-hybridized carbons (Fsp3) is 0.304. The summed E-state index contributed by atoms with van der Waals surface area (Å²) in [4.78, 5) is 27.8. The van der Waals surface area contributed by atoms with Crippen molar-refractivity contribution < 1.29 is 23.8 Å². The van der Waals surface area contributed by atoms with Crippen LogP contribution in [0.2, 0.25) is 0 Å². The van der Waals surface area contributed by atoms with E-state index in [0.29, 0.717) is 5.75 Å². The lowest BCUT2D eigenvalue weighted by atomic mass is 9.87. The maximum atomic E-state index is 12.3. The maximum absolute atomic E-state index is 12.3. The number of alkyl carbamates (subject to hydrolysis) is 2. The molecule has 174 valence electrons. The van der Waals surface area contributed by atoms with Gasteiger partial charge in [-0.05, 0) is 23.3 Å². The zero-order valence-corrected chi connectivity index (χ0v) is 19.2. The molecule has 1 heterocycles. The van der Waals surface area contributed by atoms with Crippen molar-refractivity contribution in [1.82, 2.24) is 20.1 Å². The van der Waals surface area contributed by atoms with Gasteiger partial charge in [0.1, 0.15) is 18.4 Å². The van der Waals surface area contributed by atoms with E-state index in [4.69, 9.17) is 21.1 Å². The third kappa shape index (κ3) is 6.23. The summed E-state index contributed by atoms with van der Waals surface area (Å²) in [7, 11) is 1.14. The molecule has 0 bridgehead atoms. The van der Waals surface area contributed by atoms with Gasteiger partial charge in [-0.1, -0.05) is 56.3 Å². The van der Waals surface area contributed by atoms with Crippen LogP contribution >= 0.6 is 11.6 Å². The number of hydrogen-bond donors (Lipinski definition) is 1. The van der Waals surface area contributed by atoms with E-state index in [9.17, 15) is 9.59 Å². The highest BCUT2D eigenvalue weighted by atomic mass is 35.5. The van der Waals surface area contributed by atoms with Crippen molar-refractivity contribution >= 4 is 23.8 Å². The second-order valence-corrected chi connectivity index (χ2v) is 8.11. The normalized spacial score (nSPS) is 13.0. The first kappa shape index (κ1) is 24.1. The number of carbonyl (C=O) groups is 2. The van der Waals surface area contributed by atoms with Crippen molar-refractivity contribution in [3.8, 4) is 16.9 Å². The van der Waals surface area contributed by atoms with Crippen LogP contribution in [-0.2, 0) is 9.47 Å². The Bertz CT molecular complexity index is 1040. The largest absolute Gasteiger partial charge is 0.465 e. The van der Waals surface area contributed by atoms with Crippen molar-refractivity contribution in [3.63, 3.8) is 0 Å². The van der Waals surface area contributed by atoms with Gasteiger partial charge in [0.05, 0.1) is 7.11 Å². The smallest absolute Gasteiger partial charge is 0.417 e. The summed E-state index contributed by atoms with van der Waals surface area (Å²) in [5.41, 5.74) is 1.32. The van der Waals surface area contributed by atoms with Crippen LogP contribution in [0.4, 0.5) is 9.59 Å². The summed E-state index contributed by atoms with van der Waals surface area (Å²) in [6.45, 7) is 3.61. The van der Waals surface area contributed by atoms with Crippen LogP contribution in [0.5, 0.6) is 5.75 Å². The van der Waals surface area contributed by atoms with Gasteiger partial charge >= 0.3 is 12.2 Å². The van der Waals surface area contributed by atoms with Gasteiger partial charge in [0.25, 0.3) is 0 Å². The first-order valence-corrected chi connectivity index (χ1v) is 10.7. The highest BCUT2D eigenvalue weighted by Gasteiger charge is 2.42. The van der Waals surface area contributed by atoms with Gasteiger partial charge in [-0.2, -0.15) is 5.10 Å². The van der Waals surface area contributed by atoms with Crippen molar-refractivity contribution in [2.45, 2.75) is 26.2 Å². The summed E-state index contributed by atoms with van der Waals surface area (Å²) >= 11 is 6.20. The van der Waals surface area contributed by atoms with Gasteiger partial charge in [-0.25, -0.2) is 24.6 Å². The molecule has 0 spiro atoms. The zero-order chi connectivity index (χ0) is 23.8. The molecule has 10 heteroatoms. The van der Waals surface area contributed by atoms with Gasteiger partial charge in [-0.3, -0.25) is 0 Å². The van der Waals surface area contributed by atoms with E-state index in [-0.39, 0.29) is 5.88 Å². The van der Waals surface area contributed by atoms with Gasteiger partial charge in [-0.15, -0.1) is 11.6 Å². The van der Waals surface area contributed by atoms with E-state index in [1.807, 2.05) is 73.8 Å². The minimum absolute atomic E-state index is 0.130. The third-order valence-electron chi connectivity index (χ3n) is 4.91. The number of alkyl halides is 1. The predicted octanol–water partition coefficient (Wildman–Crippen LogP) is 4.65. The van der Waals surface area contributed by atoms with Gasteiger partial charge in [0.15, 0.2) is 6.10 Å². The molecule has 3 aromatic rings. The average molecular weight is 473 g/mol. The molecular formula is C23H25ClN4O5. The van der Waals surface area contributed by atoms with Crippen molar-refractivity contribution in [2.75, 3.05) is 13.0 Å². The molecule has 0 saturated carbocycles. The molecule has 0 saturated heterocycles. The molecule has 2 amide bonds. The molecule has 9 nitrogen and oxygen atoms in total. The highest BCUT2D eigenvalue weighted by Crippen LogP contribution is 2.35. The van der Waals surface area contributed by atoms with Crippen LogP contribution in [0.25, 0.3) is 11.1 Å². The van der Waals surface area contributed by atoms with Crippen molar-refractivity contribution in [1.29, 1.82) is 0 Å². The van der Waals surface area contributed by atoms with Crippen molar-refractivity contribution in [3.05, 3.63) is 67.3 Å². The molecule has 2 unspecified atom stereocenters. The first-order valence-electron chi connectivity index (χ1n) is 10.1. The molecule has 2 aromatic carbocycles. The third-order valence-corrected chi connectivity index (χ3v) is 5.60. The van der Waals surface area contributed by atoms with Gasteiger partial charge in [0.2, 0.25) is 6.23 Å². The van der Waals surface area contributed by atoms with E-state index in [1.165, 1.54) is 17.3 Å². The van der Waals surface area contributed by atoms with Gasteiger partial charge in [0, 0.05) is 11.3 Å². The van der Waals surface area contributed by atoms with Crippen LogP contribution in [0.15, 0.2) is 67.3 Å². The van der Waals surface area contributed by atoms with Crippen molar-refractivity contribution in [2.24, 2.45) is 5.41 Å². The number of benzene rings is 2. The monoisotopic (exact) mass is 472 g/mol. The maximum Gasteiger partial charge on any atom is 0.417 e. The Labute approximate surface area is 196 Å². The summed E-state index contributed by atoms with van der Waals surface area (Å²) in [6, 6.07) is 17.4. The quantitative estimate of drug-likeness (QED) is 0.476. The number of imide groups is 1. The Morgan fingerprint density at radius 2 is 1.73 bits per heavy atom. The SMILES string of the molecule is COC(=O)NC(=O)OC(C(Oc1ccc(-c2ccccc2)cc1)n1cncn1)C(C)(C)CCl. The lowest BCUT2D eigenvalue weighted by molar-refractivity contribution is -0.0778. The summed E-state index contributed by atoms with van der Waals surface area (Å²) in [6.07, 6.45) is -1.03. The summed E-state index contributed by atoms with van der Waals surface area (Å²) < 4.78 is 17.7. The second kappa shape index (κ2) is 10.8. The van der Waals surface area contributed by atoms with E-state index in [0.717, 1.165) is 18.2 Å². The fourth-order valence-corrected chi connectivity index (χ4v) is 3.21. The molecule has 0 aliphatic carbocycles. The average Bonchev–Trinajstić information content (AvgIpc) is 3.37. The molecule has 0 aliphatic heterocycles. The van der Waals surface area contributed by atoms with Crippen LogP contribution in [0.1, 0.15) is 20.1 Å². The minimum atomic E-state index is -1.00. The second-order valence-electron chi connectivity index (χ2n) is 7.84. The molecular weight excluding hydrogens is 448 g/mol. The lowest BCUT2D eigenvalue weighted by Crippen LogP contribution is -2.47. The topological polar surface area (TPSA) is 105 Å². The molecule has 0 fully saturated rings. The Hall–Kier alpha value is -3.59. The number of amides is 2. The van der Waals surface area contributed by atoms with Crippen LogP contribution in [0.3, 0.4) is 0 Å². The number of nitrogens with zero attached hydrogens (tertiary/aromatic N) is 3. The Morgan fingerprint density at radius 1 is 1.06 bits per heavy atom. The van der Waals surface area contributed by atoms with E-state index < -0.39 is 29.9 Å². The molecule has 2 atom stereocenters. The number of carbonyl (C=O) groups excluding carboxylic acids is 2. The van der Waals surface area contributed by atoms with Gasteiger partial charge < -0.3 is 14.2 Å². The molecule has 3 rings (SSSR count). The molecule has 1 N–H and O–H groups in total. The lowest BCUT2D eigenvalue weighted by Gasteiger charge is -2.37. The number of halogens is 1. The standard InChI is InChI=1S/C23H25ClN4O5/c1-23(2,13-24)19(33-22(30)27-21(29)31-3)20(28-15-25-14-26-28)32-18-11-9-17(10-12-18)16-7-5-4-6-8-16/h4-12,14-15,19-20H,13H2,1-3H3,(H,27,29,30). The summed E-state index contributed by atoms with van der Waals surface area (Å²) in [5.74, 6) is 0.646. The van der Waals surface area contributed by atoms with E-state index in [1.54, 1.807) is 0 Å². The first-order chi connectivity index (χ1) is 15.8. The Kier molecular flexibility index (Phi) is 7.89. The van der Waals surface area contributed by atoms with Crippen LogP contribution in [0, 0.1) is 5.41 Å². The number of hydrogen-bond acceptors (Lipinski definition) is 7. The number of nitrogens with one attached hydrogen (secondary N) is 1. The number of methoxy groups -OCH3 is 1. The van der Waals surface area contributed by atoms with Crippen LogP contribution in [-0.4, -0.2) is 46.0 Å². The number of aromatic nitrogens is 3. The van der Waals surface area contributed by atoms with E-state index in [2.05, 4.69) is 14.8 Å². The highest BCUT2D eigenvalue weighted by molar-refractivity contribution is 6.18. The molecule has 33 heavy (non-hydrogen) atoms. The number of rotatable bonds is 8. The molecule has 0 aliphatic rings. The van der Waals surface area contributed by atoms with Crippen LogP contribution < -0.4 is 10.1 Å².